The summed E-state index contributed by atoms with van der Waals surface area (Å²) in [5.41, 5.74) is 0. The minimum atomic E-state index is -3.50. The number of piperidine rings is 1. The molecule has 1 saturated carbocycles. The van der Waals surface area contributed by atoms with Crippen molar-refractivity contribution < 1.29 is 27.5 Å². The molecule has 1 aliphatic heterocycles. The smallest absolute Gasteiger partial charge is 0.344 e. The van der Waals surface area contributed by atoms with Crippen molar-refractivity contribution >= 4 is 33.3 Å². The van der Waals surface area contributed by atoms with Crippen LogP contribution in [0, 0.1) is 23.7 Å². The van der Waals surface area contributed by atoms with Gasteiger partial charge in [-0.3, -0.25) is 4.79 Å². The van der Waals surface area contributed by atoms with Crippen LogP contribution >= 0.6 is 11.3 Å². The van der Waals surface area contributed by atoms with Gasteiger partial charge in [0.15, 0.2) is 6.61 Å². The fourth-order valence-corrected chi connectivity index (χ4v) is 7.18. The SMILES string of the molecule is CC(C)[C@@H]1CC[C@@H](C)C[C@@H]1OC(=O)COC(=O)C1CCN(S(=O)(=O)c2cccs2)CC1. The Balaban J connectivity index is 1.44. The second-order valence-corrected chi connectivity index (χ2v) is 12.2. The zero-order chi connectivity index (χ0) is 22.6. The molecule has 3 rings (SSSR count). The van der Waals surface area contributed by atoms with Gasteiger partial charge in [0.25, 0.3) is 10.0 Å². The molecule has 0 spiro atoms. The average Bonchev–Trinajstić information content (AvgIpc) is 3.28. The molecule has 7 nitrogen and oxygen atoms in total. The first-order valence-corrected chi connectivity index (χ1v) is 13.4. The predicted octanol–water partition coefficient (Wildman–Crippen LogP) is 3.70. The summed E-state index contributed by atoms with van der Waals surface area (Å²) in [5.74, 6) is -0.0704. The number of esters is 2. The van der Waals surface area contributed by atoms with Gasteiger partial charge in [0.1, 0.15) is 10.3 Å². The van der Waals surface area contributed by atoms with Crippen LogP contribution in [-0.2, 0) is 29.1 Å². The first kappa shape index (κ1) is 24.2. The van der Waals surface area contributed by atoms with Crippen LogP contribution in [0.15, 0.2) is 21.7 Å². The fraction of sp³-hybridized carbons (Fsp3) is 0.727. The first-order valence-electron chi connectivity index (χ1n) is 11.1. The molecule has 2 aliphatic rings. The van der Waals surface area contributed by atoms with E-state index in [1.807, 2.05) is 0 Å². The highest BCUT2D eigenvalue weighted by atomic mass is 32.2. The number of hydrogen-bond donors (Lipinski definition) is 0. The predicted molar refractivity (Wildman–Crippen MR) is 118 cm³/mol. The Kier molecular flexibility index (Phi) is 8.15. The third kappa shape index (κ3) is 6.08. The largest absolute Gasteiger partial charge is 0.460 e. The molecule has 0 aromatic carbocycles. The number of ether oxygens (including phenoxy) is 2. The third-order valence-corrected chi connectivity index (χ3v) is 9.72. The molecule has 0 bridgehead atoms. The van der Waals surface area contributed by atoms with Gasteiger partial charge in [-0.15, -0.1) is 11.3 Å². The maximum absolute atomic E-state index is 12.6. The zero-order valence-electron chi connectivity index (χ0n) is 18.5. The summed E-state index contributed by atoms with van der Waals surface area (Å²) in [6, 6.07) is 3.29. The quantitative estimate of drug-likeness (QED) is 0.564. The summed E-state index contributed by atoms with van der Waals surface area (Å²) < 4.78 is 37.8. The number of carbonyl (C=O) groups excluding carboxylic acids is 2. The Morgan fingerprint density at radius 3 is 2.52 bits per heavy atom. The van der Waals surface area contributed by atoms with Crippen LogP contribution < -0.4 is 0 Å². The zero-order valence-corrected chi connectivity index (χ0v) is 20.1. The van der Waals surface area contributed by atoms with Gasteiger partial charge in [0.05, 0.1) is 5.92 Å². The van der Waals surface area contributed by atoms with Gasteiger partial charge in [-0.25, -0.2) is 13.2 Å². The Morgan fingerprint density at radius 1 is 1.19 bits per heavy atom. The van der Waals surface area contributed by atoms with Crippen LogP contribution in [0.3, 0.4) is 0 Å². The van der Waals surface area contributed by atoms with E-state index in [1.54, 1.807) is 17.5 Å². The fourth-order valence-electron chi connectivity index (χ4n) is 4.57. The summed E-state index contributed by atoms with van der Waals surface area (Å²) in [5, 5.41) is 1.73. The summed E-state index contributed by atoms with van der Waals surface area (Å²) in [7, 11) is -3.50. The van der Waals surface area contributed by atoms with Crippen LogP contribution in [0.25, 0.3) is 0 Å². The molecule has 1 saturated heterocycles. The number of nitrogens with zero attached hydrogens (tertiary/aromatic N) is 1. The van der Waals surface area contributed by atoms with E-state index in [0.717, 1.165) is 19.3 Å². The van der Waals surface area contributed by atoms with Crippen molar-refractivity contribution in [1.29, 1.82) is 0 Å². The molecule has 0 radical (unpaired) electrons. The van der Waals surface area contributed by atoms with Crippen LogP contribution in [0.4, 0.5) is 0 Å². The third-order valence-electron chi connectivity index (χ3n) is 6.45. The molecule has 174 valence electrons. The van der Waals surface area contributed by atoms with E-state index in [9.17, 15) is 18.0 Å². The monoisotopic (exact) mass is 471 g/mol. The van der Waals surface area contributed by atoms with Gasteiger partial charge in [0, 0.05) is 13.1 Å². The van der Waals surface area contributed by atoms with Gasteiger partial charge in [-0.2, -0.15) is 4.31 Å². The normalized spacial score (nSPS) is 26.0. The Labute approximate surface area is 189 Å². The van der Waals surface area contributed by atoms with Crippen LogP contribution in [0.5, 0.6) is 0 Å². The lowest BCUT2D eigenvalue weighted by atomic mass is 9.75. The van der Waals surface area contributed by atoms with Crippen molar-refractivity contribution in [3.63, 3.8) is 0 Å². The highest BCUT2D eigenvalue weighted by Gasteiger charge is 2.35. The summed E-state index contributed by atoms with van der Waals surface area (Å²) in [6.45, 7) is 6.60. The maximum atomic E-state index is 12.6. The van der Waals surface area contributed by atoms with Gasteiger partial charge in [0.2, 0.25) is 0 Å². The minimum Gasteiger partial charge on any atom is -0.460 e. The van der Waals surface area contributed by atoms with Crippen molar-refractivity contribution in [2.45, 2.75) is 63.2 Å². The molecule has 31 heavy (non-hydrogen) atoms. The highest BCUT2D eigenvalue weighted by molar-refractivity contribution is 7.91. The Bertz CT molecular complexity index is 843. The van der Waals surface area contributed by atoms with E-state index in [-0.39, 0.29) is 25.8 Å². The van der Waals surface area contributed by atoms with E-state index >= 15 is 0 Å². The molecular weight excluding hydrogens is 438 g/mol. The number of carbonyl (C=O) groups is 2. The van der Waals surface area contributed by atoms with Crippen LogP contribution in [0.2, 0.25) is 0 Å². The van der Waals surface area contributed by atoms with Gasteiger partial charge in [-0.05, 0) is 54.9 Å². The number of sulfonamides is 1. The molecule has 3 atom stereocenters. The molecule has 9 heteroatoms. The van der Waals surface area contributed by atoms with Crippen LogP contribution in [-0.4, -0.2) is 50.5 Å². The summed E-state index contributed by atoms with van der Waals surface area (Å²) >= 11 is 1.19. The lowest BCUT2D eigenvalue weighted by Crippen LogP contribution is -2.41. The molecule has 1 aromatic rings. The highest BCUT2D eigenvalue weighted by Crippen LogP contribution is 2.35. The van der Waals surface area contributed by atoms with Gasteiger partial charge >= 0.3 is 11.9 Å². The molecule has 2 heterocycles. The second kappa shape index (κ2) is 10.4. The topological polar surface area (TPSA) is 90.0 Å². The maximum Gasteiger partial charge on any atom is 0.344 e. The Hall–Kier alpha value is -1.45. The minimum absolute atomic E-state index is 0.124. The summed E-state index contributed by atoms with van der Waals surface area (Å²) in [6.07, 6.45) is 3.68. The first-order chi connectivity index (χ1) is 14.7. The van der Waals surface area contributed by atoms with Crippen molar-refractivity contribution in [2.75, 3.05) is 19.7 Å². The molecule has 2 fully saturated rings. The number of rotatable bonds is 7. The molecule has 1 aliphatic carbocycles. The molecule has 0 amide bonds. The summed E-state index contributed by atoms with van der Waals surface area (Å²) in [4.78, 5) is 24.7. The van der Waals surface area contributed by atoms with E-state index in [2.05, 4.69) is 20.8 Å². The van der Waals surface area contributed by atoms with Gasteiger partial charge in [-0.1, -0.05) is 33.3 Å². The van der Waals surface area contributed by atoms with Crippen molar-refractivity contribution in [2.24, 2.45) is 23.7 Å². The number of thiophene rings is 1. The number of hydrogen-bond acceptors (Lipinski definition) is 7. The lowest BCUT2D eigenvalue weighted by Gasteiger charge is -2.36. The lowest BCUT2D eigenvalue weighted by molar-refractivity contribution is -0.169. The van der Waals surface area contributed by atoms with Gasteiger partial charge < -0.3 is 9.47 Å². The van der Waals surface area contributed by atoms with E-state index in [0.29, 0.717) is 34.8 Å². The molecule has 0 N–H and O–H groups in total. The standard InChI is InChI=1S/C22H33NO6S2/c1-15(2)18-7-6-16(3)13-19(18)29-20(24)14-28-22(25)17-8-10-23(11-9-17)31(26,27)21-5-4-12-30-21/h4-5,12,15-19H,6-11,13-14H2,1-3H3/t16-,18+,19+/m1/s1. The average molecular weight is 472 g/mol. The van der Waals surface area contributed by atoms with Crippen LogP contribution in [0.1, 0.15) is 52.9 Å². The van der Waals surface area contributed by atoms with E-state index in [1.165, 1.54) is 15.6 Å². The van der Waals surface area contributed by atoms with Crippen molar-refractivity contribution in [1.82, 2.24) is 4.31 Å². The molecule has 0 unspecified atom stereocenters. The van der Waals surface area contributed by atoms with Crippen molar-refractivity contribution in [3.8, 4) is 0 Å². The molecule has 1 aromatic heterocycles. The molecular formula is C22H33NO6S2. The van der Waals surface area contributed by atoms with E-state index < -0.39 is 27.9 Å². The second-order valence-electron chi connectivity index (χ2n) is 9.07. The Morgan fingerprint density at radius 2 is 1.90 bits per heavy atom. The van der Waals surface area contributed by atoms with Crippen molar-refractivity contribution in [3.05, 3.63) is 17.5 Å². The van der Waals surface area contributed by atoms with E-state index in [4.69, 9.17) is 9.47 Å².